The quantitative estimate of drug-likeness (QED) is 0.212. The third-order valence-electron chi connectivity index (χ3n) is 0. The van der Waals surface area contributed by atoms with Crippen LogP contribution in [-0.2, 0) is 0 Å². The van der Waals surface area contributed by atoms with Gasteiger partial charge in [0.25, 0.3) is 0 Å². The van der Waals surface area contributed by atoms with Gasteiger partial charge in [0, 0.05) is 0 Å². The molecule has 0 atom stereocenters. The van der Waals surface area contributed by atoms with E-state index in [0.29, 0.717) is 0 Å². The maximum atomic E-state index is 7.33. The van der Waals surface area contributed by atoms with Gasteiger partial charge in [-0.1, -0.05) is 0 Å². The zero-order chi connectivity index (χ0) is 7.21. The van der Waals surface area contributed by atoms with E-state index in [2.05, 4.69) is 13.5 Å². The topological polar surface area (TPSA) is 80.9 Å². The van der Waals surface area contributed by atoms with Crippen LogP contribution in [0.4, 0.5) is 0 Å². The Morgan fingerprint density at radius 3 is 1.22 bits per heavy atom. The van der Waals surface area contributed by atoms with Gasteiger partial charge in [-0.05, 0) is 0 Å². The molecule has 6 heteroatoms. The van der Waals surface area contributed by atoms with E-state index in [1.54, 1.807) is 0 Å². The van der Waals surface area contributed by atoms with Crippen molar-refractivity contribution in [1.29, 1.82) is 0 Å². The Bertz CT molecular complexity index is 55.3. The molecular formula is C3H9NaO4Si. The maximum Gasteiger partial charge on any atom is 1.00 e. The standard InChI is InChI=1S/C3H5.Na.H4O4Si/c1-3-2;;1-5(2,3)4/h3H,1-2H2;;1-4H/q-1;+1;. The maximum absolute atomic E-state index is 7.33. The summed E-state index contributed by atoms with van der Waals surface area (Å²) in [5, 5.41) is 0. The molecule has 0 radical (unpaired) electrons. The summed E-state index contributed by atoms with van der Waals surface area (Å²) in [6, 6.07) is 0. The number of rotatable bonds is 0. The van der Waals surface area contributed by atoms with E-state index < -0.39 is 9.05 Å². The fraction of sp³-hybridized carbons (Fsp3) is 0. The SMILES string of the molecule is C=C[CH2-].O[Si](O)(O)O.[Na+]. The summed E-state index contributed by atoms with van der Waals surface area (Å²) in [6.07, 6.45) is 1.50. The van der Waals surface area contributed by atoms with Gasteiger partial charge in [-0.3, -0.25) is 0 Å². The molecule has 0 spiro atoms. The Hall–Kier alpha value is 0.667. The van der Waals surface area contributed by atoms with Crippen LogP contribution >= 0.6 is 0 Å². The van der Waals surface area contributed by atoms with Gasteiger partial charge >= 0.3 is 38.6 Å². The van der Waals surface area contributed by atoms with E-state index in [9.17, 15) is 0 Å². The summed E-state index contributed by atoms with van der Waals surface area (Å²) >= 11 is 0. The predicted molar refractivity (Wildman–Crippen MR) is 30.2 cm³/mol. The Balaban J connectivity index is -0.0000000800. The molecule has 0 aromatic heterocycles. The van der Waals surface area contributed by atoms with Crippen molar-refractivity contribution in [1.82, 2.24) is 0 Å². The third kappa shape index (κ3) is 866. The van der Waals surface area contributed by atoms with Gasteiger partial charge in [-0.15, -0.1) is 0 Å². The van der Waals surface area contributed by atoms with Crippen LogP contribution < -0.4 is 29.6 Å². The molecule has 50 valence electrons. The molecule has 4 N–H and O–H groups in total. The smallest absolute Gasteiger partial charge is 0.368 e. The van der Waals surface area contributed by atoms with Gasteiger partial charge in [0.1, 0.15) is 0 Å². The Labute approximate surface area is 77.2 Å². The van der Waals surface area contributed by atoms with Crippen molar-refractivity contribution >= 4 is 9.05 Å². The summed E-state index contributed by atoms with van der Waals surface area (Å²) < 4.78 is 0. The summed E-state index contributed by atoms with van der Waals surface area (Å²) in [5.41, 5.74) is 0. The molecule has 0 aliphatic heterocycles. The van der Waals surface area contributed by atoms with E-state index in [4.69, 9.17) is 19.2 Å². The normalized spacial score (nSPS) is 8.00. The van der Waals surface area contributed by atoms with Crippen LogP contribution in [0.2, 0.25) is 0 Å². The Morgan fingerprint density at radius 1 is 1.22 bits per heavy atom. The first-order valence-corrected chi connectivity index (χ1v) is 3.50. The number of allylic oxidation sites excluding steroid dienone is 1. The van der Waals surface area contributed by atoms with E-state index >= 15 is 0 Å². The zero-order valence-electron chi connectivity index (χ0n) is 5.28. The van der Waals surface area contributed by atoms with E-state index in [-0.39, 0.29) is 29.6 Å². The van der Waals surface area contributed by atoms with Crippen LogP contribution in [0.3, 0.4) is 0 Å². The van der Waals surface area contributed by atoms with Crippen molar-refractivity contribution in [2.75, 3.05) is 0 Å². The molecule has 0 saturated carbocycles. The molecular weight excluding hydrogens is 151 g/mol. The second kappa shape index (κ2) is 8.67. The predicted octanol–water partition coefficient (Wildman–Crippen LogP) is -4.60. The average Bonchev–Trinajstić information content (AvgIpc) is 1.27. The minimum atomic E-state index is -4.61. The molecule has 0 heterocycles. The molecule has 0 aliphatic rings. The molecule has 0 aliphatic carbocycles. The second-order valence-electron chi connectivity index (χ2n) is 0.889. The van der Waals surface area contributed by atoms with Crippen molar-refractivity contribution in [2.45, 2.75) is 0 Å². The van der Waals surface area contributed by atoms with Crippen LogP contribution in [0, 0.1) is 6.92 Å². The average molecular weight is 160 g/mol. The molecule has 9 heavy (non-hydrogen) atoms. The van der Waals surface area contributed by atoms with Crippen molar-refractivity contribution in [2.24, 2.45) is 0 Å². The van der Waals surface area contributed by atoms with E-state index in [1.807, 2.05) is 0 Å². The molecule has 0 amide bonds. The molecule has 4 nitrogen and oxygen atoms in total. The molecule has 0 aromatic rings. The fourth-order valence-electron chi connectivity index (χ4n) is 0. The van der Waals surface area contributed by atoms with Gasteiger partial charge < -0.3 is 19.2 Å². The van der Waals surface area contributed by atoms with E-state index in [0.717, 1.165) is 0 Å². The first kappa shape index (κ1) is 16.3. The molecule has 0 fully saturated rings. The van der Waals surface area contributed by atoms with Gasteiger partial charge in [-0.2, -0.15) is 0 Å². The molecule has 0 saturated heterocycles. The summed E-state index contributed by atoms with van der Waals surface area (Å²) in [4.78, 5) is 29.3. The molecule has 0 aromatic carbocycles. The van der Waals surface area contributed by atoms with Crippen molar-refractivity contribution in [3.8, 4) is 0 Å². The van der Waals surface area contributed by atoms with Gasteiger partial charge in [0.2, 0.25) is 0 Å². The summed E-state index contributed by atoms with van der Waals surface area (Å²) in [5.74, 6) is 0. The van der Waals surface area contributed by atoms with E-state index in [1.165, 1.54) is 6.08 Å². The summed E-state index contributed by atoms with van der Waals surface area (Å²) in [6.45, 7) is 6.50. The van der Waals surface area contributed by atoms with Crippen molar-refractivity contribution in [3.05, 3.63) is 19.6 Å². The first-order valence-electron chi connectivity index (χ1n) is 1.71. The van der Waals surface area contributed by atoms with Gasteiger partial charge in [0.15, 0.2) is 0 Å². The molecule has 0 unspecified atom stereocenters. The van der Waals surface area contributed by atoms with Crippen molar-refractivity contribution in [3.63, 3.8) is 0 Å². The zero-order valence-corrected chi connectivity index (χ0v) is 8.28. The Morgan fingerprint density at radius 2 is 1.22 bits per heavy atom. The van der Waals surface area contributed by atoms with Crippen LogP contribution in [0.5, 0.6) is 0 Å². The molecule has 0 rings (SSSR count). The third-order valence-corrected chi connectivity index (χ3v) is 0. The number of hydrogen-bond donors (Lipinski definition) is 4. The summed E-state index contributed by atoms with van der Waals surface area (Å²) in [7, 11) is -4.61. The largest absolute Gasteiger partial charge is 1.00 e. The second-order valence-corrected chi connectivity index (χ2v) is 2.09. The minimum Gasteiger partial charge on any atom is -0.368 e. The first-order chi connectivity index (χ1) is 3.41. The fourth-order valence-corrected chi connectivity index (χ4v) is 0. The van der Waals surface area contributed by atoms with Crippen LogP contribution in [0.25, 0.3) is 0 Å². The van der Waals surface area contributed by atoms with Gasteiger partial charge in [-0.25, -0.2) is 19.6 Å². The monoisotopic (exact) mass is 160 g/mol. The van der Waals surface area contributed by atoms with Crippen LogP contribution in [0.15, 0.2) is 12.7 Å². The van der Waals surface area contributed by atoms with Crippen LogP contribution in [0.1, 0.15) is 0 Å². The Kier molecular flexibility index (Phi) is 15.7. The van der Waals surface area contributed by atoms with Gasteiger partial charge in [0.05, 0.1) is 0 Å². The van der Waals surface area contributed by atoms with Crippen molar-refractivity contribution < 1.29 is 48.7 Å². The minimum absolute atomic E-state index is 0. The number of hydrogen-bond acceptors (Lipinski definition) is 4. The van der Waals surface area contributed by atoms with Crippen LogP contribution in [-0.4, -0.2) is 28.2 Å². The molecule has 0 bridgehead atoms.